The van der Waals surface area contributed by atoms with Crippen LogP contribution in [0.3, 0.4) is 0 Å². The maximum atomic E-state index is 12.4. The molecular weight excluding hydrogens is 302 g/mol. The summed E-state index contributed by atoms with van der Waals surface area (Å²) in [5.41, 5.74) is 9.29. The molecule has 4 nitrogen and oxygen atoms in total. The number of benzene rings is 2. The summed E-state index contributed by atoms with van der Waals surface area (Å²) in [5, 5.41) is 0. The van der Waals surface area contributed by atoms with Crippen LogP contribution in [-0.2, 0) is 6.42 Å². The Morgan fingerprint density at radius 2 is 1.96 bits per heavy atom. The molecule has 0 radical (unpaired) electrons. The predicted octanol–water partition coefficient (Wildman–Crippen LogP) is 3.85. The first-order valence-corrected chi connectivity index (χ1v) is 8.19. The van der Waals surface area contributed by atoms with E-state index in [1.165, 1.54) is 0 Å². The zero-order chi connectivity index (χ0) is 16.5. The van der Waals surface area contributed by atoms with Crippen LogP contribution in [0.15, 0.2) is 42.5 Å². The minimum absolute atomic E-state index is 0.188. The molecule has 1 saturated carbocycles. The molecule has 1 aliphatic heterocycles. The number of carbonyl (C=O) groups is 1. The summed E-state index contributed by atoms with van der Waals surface area (Å²) < 4.78 is 10.7. The van der Waals surface area contributed by atoms with Crippen LogP contribution in [0.4, 0.5) is 5.69 Å². The van der Waals surface area contributed by atoms with Gasteiger partial charge in [0.1, 0.15) is 0 Å². The number of Topliss-reactive ketones (excluding diaryl/α,β-unsaturated/α-hetero) is 1. The van der Waals surface area contributed by atoms with Crippen LogP contribution in [-0.4, -0.2) is 12.6 Å². The number of nitrogens with two attached hydrogens (primary N) is 1. The highest BCUT2D eigenvalue weighted by Crippen LogP contribution is 2.35. The molecule has 0 bridgehead atoms. The normalized spacial score (nSPS) is 15.8. The van der Waals surface area contributed by atoms with E-state index in [9.17, 15) is 4.79 Å². The average Bonchev–Trinajstić information content (AvgIpc) is 3.33. The quantitative estimate of drug-likeness (QED) is 0.671. The second kappa shape index (κ2) is 6.04. The van der Waals surface area contributed by atoms with E-state index in [0.717, 1.165) is 47.5 Å². The molecule has 2 aromatic rings. The van der Waals surface area contributed by atoms with Gasteiger partial charge in [0, 0.05) is 17.2 Å². The van der Waals surface area contributed by atoms with Gasteiger partial charge in [0.25, 0.3) is 0 Å². The first-order valence-electron chi connectivity index (χ1n) is 8.19. The van der Waals surface area contributed by atoms with Gasteiger partial charge in [-0.1, -0.05) is 24.3 Å². The summed E-state index contributed by atoms with van der Waals surface area (Å²) in [6, 6.07) is 11.5. The minimum atomic E-state index is 0.188. The van der Waals surface area contributed by atoms with Crippen LogP contribution in [0.2, 0.25) is 0 Å². The third-order valence-corrected chi connectivity index (χ3v) is 4.38. The molecule has 4 heteroatoms. The molecular formula is C20H19NO3. The van der Waals surface area contributed by atoms with Gasteiger partial charge in [-0.3, -0.25) is 4.79 Å². The number of carbonyl (C=O) groups excluding carboxylic acids is 1. The Morgan fingerprint density at radius 1 is 1.12 bits per heavy atom. The van der Waals surface area contributed by atoms with E-state index < -0.39 is 0 Å². The maximum absolute atomic E-state index is 12.4. The van der Waals surface area contributed by atoms with Gasteiger partial charge in [-0.2, -0.15) is 0 Å². The van der Waals surface area contributed by atoms with Crippen LogP contribution in [0.5, 0.6) is 11.5 Å². The summed E-state index contributed by atoms with van der Waals surface area (Å²) in [6.45, 7) is 0.284. The Bertz CT molecular complexity index is 822. The Morgan fingerprint density at radius 3 is 2.79 bits per heavy atom. The molecule has 0 amide bonds. The third-order valence-electron chi connectivity index (χ3n) is 4.38. The fourth-order valence-electron chi connectivity index (χ4n) is 2.89. The van der Waals surface area contributed by atoms with Crippen molar-refractivity contribution in [1.29, 1.82) is 0 Å². The fraction of sp³-hybridized carbons (Fsp3) is 0.250. The van der Waals surface area contributed by atoms with E-state index in [1.54, 1.807) is 6.07 Å². The number of hydrogen-bond acceptors (Lipinski definition) is 4. The lowest BCUT2D eigenvalue weighted by molar-refractivity contribution is 0.0967. The zero-order valence-corrected chi connectivity index (χ0v) is 13.3. The van der Waals surface area contributed by atoms with E-state index >= 15 is 0 Å². The van der Waals surface area contributed by atoms with Gasteiger partial charge in [-0.15, -0.1) is 0 Å². The second-order valence-electron chi connectivity index (χ2n) is 6.28. The van der Waals surface area contributed by atoms with Crippen molar-refractivity contribution in [3.05, 3.63) is 59.2 Å². The molecule has 1 fully saturated rings. The van der Waals surface area contributed by atoms with Gasteiger partial charge in [-0.05, 0) is 54.7 Å². The fourth-order valence-corrected chi connectivity index (χ4v) is 2.89. The van der Waals surface area contributed by atoms with Gasteiger partial charge < -0.3 is 15.2 Å². The molecule has 0 unspecified atom stereocenters. The number of hydrogen-bond donors (Lipinski definition) is 1. The van der Waals surface area contributed by atoms with Crippen molar-refractivity contribution in [2.24, 2.45) is 5.92 Å². The van der Waals surface area contributed by atoms with E-state index in [2.05, 4.69) is 6.08 Å². The first-order chi connectivity index (χ1) is 11.7. The summed E-state index contributed by atoms with van der Waals surface area (Å²) in [4.78, 5) is 12.4. The van der Waals surface area contributed by atoms with Gasteiger partial charge in [0.2, 0.25) is 6.79 Å². The van der Waals surface area contributed by atoms with Crippen LogP contribution < -0.4 is 15.2 Å². The second-order valence-corrected chi connectivity index (χ2v) is 6.28. The number of anilines is 1. The molecule has 0 atom stereocenters. The lowest BCUT2D eigenvalue weighted by atomic mass is 9.99. The van der Waals surface area contributed by atoms with E-state index in [-0.39, 0.29) is 18.5 Å². The standard InChI is InChI=1S/C20H19NO3/c21-16-8-7-14(17(11-16)20(22)15-5-6-15)3-1-2-13-4-9-18-19(10-13)24-12-23-18/h1,3-4,7-11,15H,2,5-6,12,21H2/b3-1+. The molecule has 24 heavy (non-hydrogen) atoms. The van der Waals surface area contributed by atoms with Crippen LogP contribution in [0.25, 0.3) is 6.08 Å². The third kappa shape index (κ3) is 3.00. The van der Waals surface area contributed by atoms with Crippen molar-refractivity contribution >= 4 is 17.5 Å². The number of rotatable bonds is 5. The molecule has 0 spiro atoms. The lowest BCUT2D eigenvalue weighted by Crippen LogP contribution is -2.04. The smallest absolute Gasteiger partial charge is 0.231 e. The summed E-state index contributed by atoms with van der Waals surface area (Å²) in [6.07, 6.45) is 6.81. The highest BCUT2D eigenvalue weighted by molar-refractivity contribution is 6.02. The lowest BCUT2D eigenvalue weighted by Gasteiger charge is -2.06. The van der Waals surface area contributed by atoms with Gasteiger partial charge in [0.15, 0.2) is 17.3 Å². The van der Waals surface area contributed by atoms with Crippen LogP contribution in [0.1, 0.15) is 34.3 Å². The first kappa shape index (κ1) is 14.8. The van der Waals surface area contributed by atoms with Gasteiger partial charge in [-0.25, -0.2) is 0 Å². The van der Waals surface area contributed by atoms with Gasteiger partial charge in [0.05, 0.1) is 0 Å². The maximum Gasteiger partial charge on any atom is 0.231 e. The number of fused-ring (bicyclic) bond motifs is 1. The Hall–Kier alpha value is -2.75. The molecule has 1 aliphatic carbocycles. The highest BCUT2D eigenvalue weighted by Gasteiger charge is 2.31. The average molecular weight is 321 g/mol. The summed E-state index contributed by atoms with van der Waals surface area (Å²) in [5.74, 6) is 1.98. The molecule has 122 valence electrons. The van der Waals surface area contributed by atoms with Crippen molar-refractivity contribution in [3.8, 4) is 11.5 Å². The van der Waals surface area contributed by atoms with E-state index in [1.807, 2.05) is 36.4 Å². The largest absolute Gasteiger partial charge is 0.454 e. The van der Waals surface area contributed by atoms with Crippen molar-refractivity contribution < 1.29 is 14.3 Å². The number of ketones is 1. The highest BCUT2D eigenvalue weighted by atomic mass is 16.7. The van der Waals surface area contributed by atoms with Crippen molar-refractivity contribution in [1.82, 2.24) is 0 Å². The number of allylic oxidation sites excluding steroid dienone is 1. The summed E-state index contributed by atoms with van der Waals surface area (Å²) in [7, 11) is 0. The van der Waals surface area contributed by atoms with E-state index in [0.29, 0.717) is 5.69 Å². The van der Waals surface area contributed by atoms with Crippen LogP contribution >= 0.6 is 0 Å². The monoisotopic (exact) mass is 321 g/mol. The Labute approximate surface area is 140 Å². The number of ether oxygens (including phenoxy) is 2. The molecule has 1 heterocycles. The molecule has 2 aromatic carbocycles. The van der Waals surface area contributed by atoms with Crippen molar-refractivity contribution in [2.75, 3.05) is 12.5 Å². The molecule has 2 aliphatic rings. The van der Waals surface area contributed by atoms with Gasteiger partial charge >= 0.3 is 0 Å². The molecule has 2 N–H and O–H groups in total. The topological polar surface area (TPSA) is 61.6 Å². The Balaban J connectivity index is 1.52. The summed E-state index contributed by atoms with van der Waals surface area (Å²) >= 11 is 0. The molecule has 0 aromatic heterocycles. The molecule has 0 saturated heterocycles. The number of nitrogen functional groups attached to an aromatic ring is 1. The predicted molar refractivity (Wildman–Crippen MR) is 93.2 cm³/mol. The molecule has 4 rings (SSSR count). The minimum Gasteiger partial charge on any atom is -0.454 e. The van der Waals surface area contributed by atoms with Crippen molar-refractivity contribution in [3.63, 3.8) is 0 Å². The zero-order valence-electron chi connectivity index (χ0n) is 13.3. The SMILES string of the molecule is Nc1ccc(/C=C/Cc2ccc3c(c2)OCO3)c(C(=O)C2CC2)c1. The van der Waals surface area contributed by atoms with Crippen molar-refractivity contribution in [2.45, 2.75) is 19.3 Å². The van der Waals surface area contributed by atoms with Crippen LogP contribution in [0, 0.1) is 5.92 Å². The van der Waals surface area contributed by atoms with E-state index in [4.69, 9.17) is 15.2 Å². The Kier molecular flexibility index (Phi) is 3.73.